The summed E-state index contributed by atoms with van der Waals surface area (Å²) in [7, 11) is 0. The zero-order chi connectivity index (χ0) is 19.5. The van der Waals surface area contributed by atoms with E-state index in [1.807, 2.05) is 0 Å². The molecule has 5 rings (SSSR count). The molecule has 5 aliphatic rings. The Hall–Kier alpha value is -0.120. The van der Waals surface area contributed by atoms with Gasteiger partial charge in [0.15, 0.2) is 0 Å². The van der Waals surface area contributed by atoms with Gasteiger partial charge < -0.3 is 15.5 Å². The van der Waals surface area contributed by atoms with Crippen molar-refractivity contribution in [3.8, 4) is 0 Å². The van der Waals surface area contributed by atoms with E-state index in [1.54, 1.807) is 0 Å². The molecule has 160 valence electrons. The molecule has 0 bridgehead atoms. The van der Waals surface area contributed by atoms with Crippen LogP contribution in [0.1, 0.15) is 97.3 Å². The van der Waals surface area contributed by atoms with Crippen LogP contribution < -0.4 is 5.32 Å². The summed E-state index contributed by atoms with van der Waals surface area (Å²) in [6.45, 7) is 4.97. The number of aliphatic hydroxyl groups excluding tert-OH is 2. The zero-order valence-electron chi connectivity index (χ0n) is 18.2. The number of fused-ring (bicyclic) bond motifs is 5. The monoisotopic (exact) mass is 389 g/mol. The van der Waals surface area contributed by atoms with Crippen molar-refractivity contribution < 1.29 is 10.2 Å². The van der Waals surface area contributed by atoms with E-state index in [0.29, 0.717) is 23.4 Å². The largest absolute Gasteiger partial charge is 0.393 e. The molecular weight excluding hydrogens is 346 g/mol. The van der Waals surface area contributed by atoms with Crippen molar-refractivity contribution in [2.45, 2.75) is 122 Å². The van der Waals surface area contributed by atoms with Crippen LogP contribution in [0.15, 0.2) is 0 Å². The predicted molar refractivity (Wildman–Crippen MR) is 113 cm³/mol. The Morgan fingerprint density at radius 2 is 1.54 bits per heavy atom. The van der Waals surface area contributed by atoms with Crippen molar-refractivity contribution in [2.24, 2.45) is 34.5 Å². The zero-order valence-corrected chi connectivity index (χ0v) is 18.2. The van der Waals surface area contributed by atoms with Crippen molar-refractivity contribution in [3.63, 3.8) is 0 Å². The van der Waals surface area contributed by atoms with Crippen molar-refractivity contribution in [1.82, 2.24) is 5.32 Å². The Morgan fingerprint density at radius 3 is 2.32 bits per heavy atom. The van der Waals surface area contributed by atoms with Crippen LogP contribution in [-0.4, -0.2) is 34.5 Å². The molecule has 0 aliphatic heterocycles. The lowest BCUT2D eigenvalue weighted by Crippen LogP contribution is -2.60. The van der Waals surface area contributed by atoms with E-state index in [1.165, 1.54) is 70.6 Å². The number of rotatable bonds is 2. The fourth-order valence-electron chi connectivity index (χ4n) is 9.02. The maximum atomic E-state index is 11.0. The Balaban J connectivity index is 1.35. The van der Waals surface area contributed by atoms with Crippen LogP contribution in [0.5, 0.6) is 0 Å². The highest BCUT2D eigenvalue weighted by molar-refractivity contribution is 5.11. The summed E-state index contributed by atoms with van der Waals surface area (Å²) in [5, 5.41) is 25.6. The second-order valence-corrected chi connectivity index (χ2v) is 11.9. The standard InChI is InChI=1S/C25H43NO2/c1-24-13-12-20-18(19(24)10-11-23(24)28)9-8-16-14-22(27)21(15-25(16,20)2)26-17-6-4-3-5-7-17/h16-23,26-28H,3-15H2,1-2H3/t16-,18-,19-,20-,21-,22-,23-,24-,25-/m0/s1. The molecule has 0 amide bonds. The van der Waals surface area contributed by atoms with Crippen molar-refractivity contribution >= 4 is 0 Å². The Morgan fingerprint density at radius 1 is 0.786 bits per heavy atom. The topological polar surface area (TPSA) is 52.5 Å². The molecule has 9 atom stereocenters. The smallest absolute Gasteiger partial charge is 0.0696 e. The molecule has 0 spiro atoms. The van der Waals surface area contributed by atoms with Gasteiger partial charge >= 0.3 is 0 Å². The summed E-state index contributed by atoms with van der Waals surface area (Å²) in [5.41, 5.74) is 0.557. The third-order valence-corrected chi connectivity index (χ3v) is 10.7. The van der Waals surface area contributed by atoms with Crippen LogP contribution in [0.25, 0.3) is 0 Å². The summed E-state index contributed by atoms with van der Waals surface area (Å²) in [6.07, 6.45) is 16.1. The maximum Gasteiger partial charge on any atom is 0.0696 e. The number of hydrogen-bond donors (Lipinski definition) is 3. The Bertz CT molecular complexity index is 575. The van der Waals surface area contributed by atoms with Crippen molar-refractivity contribution in [3.05, 3.63) is 0 Å². The second-order valence-electron chi connectivity index (χ2n) is 11.9. The lowest BCUT2D eigenvalue weighted by atomic mass is 9.44. The van der Waals surface area contributed by atoms with Crippen LogP contribution >= 0.6 is 0 Å². The first-order valence-corrected chi connectivity index (χ1v) is 12.5. The van der Waals surface area contributed by atoms with Gasteiger partial charge in [0.25, 0.3) is 0 Å². The normalized spacial score (nSPS) is 54.6. The van der Waals surface area contributed by atoms with E-state index in [-0.39, 0.29) is 17.6 Å². The first kappa shape index (κ1) is 19.8. The van der Waals surface area contributed by atoms with Gasteiger partial charge in [0, 0.05) is 12.1 Å². The molecule has 0 aromatic carbocycles. The van der Waals surface area contributed by atoms with E-state index < -0.39 is 0 Å². The van der Waals surface area contributed by atoms with Gasteiger partial charge in [-0.05, 0) is 98.7 Å². The molecule has 0 unspecified atom stereocenters. The lowest BCUT2D eigenvalue weighted by Gasteiger charge is -2.61. The molecule has 28 heavy (non-hydrogen) atoms. The molecule has 3 N–H and O–H groups in total. The summed E-state index contributed by atoms with van der Waals surface area (Å²) < 4.78 is 0. The Kier molecular flexibility index (Phi) is 5.12. The highest BCUT2D eigenvalue weighted by Gasteiger charge is 2.61. The summed E-state index contributed by atoms with van der Waals surface area (Å²) in [6, 6.07) is 0.929. The minimum Gasteiger partial charge on any atom is -0.393 e. The van der Waals surface area contributed by atoms with Gasteiger partial charge in [-0.3, -0.25) is 0 Å². The van der Waals surface area contributed by atoms with E-state index >= 15 is 0 Å². The number of nitrogens with one attached hydrogen (secondary N) is 1. The summed E-state index contributed by atoms with van der Waals surface area (Å²) >= 11 is 0. The van der Waals surface area contributed by atoms with Gasteiger partial charge in [0.05, 0.1) is 12.2 Å². The molecule has 5 aliphatic carbocycles. The molecule has 0 heterocycles. The minimum atomic E-state index is -0.154. The first-order valence-electron chi connectivity index (χ1n) is 12.5. The summed E-state index contributed by atoms with van der Waals surface area (Å²) in [4.78, 5) is 0. The first-order chi connectivity index (χ1) is 13.4. The maximum absolute atomic E-state index is 11.0. The van der Waals surface area contributed by atoms with Gasteiger partial charge in [-0.2, -0.15) is 0 Å². The average molecular weight is 390 g/mol. The molecule has 0 aromatic rings. The van der Waals surface area contributed by atoms with E-state index in [9.17, 15) is 10.2 Å². The highest BCUT2D eigenvalue weighted by atomic mass is 16.3. The SMILES string of the molecule is C[C@]12C[C@H](NC3CCCCC3)[C@@H](O)C[C@@H]1CC[C@@H]1[C@@H]2CC[C@]2(C)[C@@H](O)CC[C@@H]12. The number of aliphatic hydroxyl groups is 2. The Labute approximate surface area is 172 Å². The third kappa shape index (κ3) is 3.02. The number of hydrogen-bond acceptors (Lipinski definition) is 3. The molecule has 0 radical (unpaired) electrons. The lowest BCUT2D eigenvalue weighted by molar-refractivity contribution is -0.141. The predicted octanol–water partition coefficient (Wildman–Crippen LogP) is 4.65. The molecule has 0 saturated heterocycles. The fourth-order valence-corrected chi connectivity index (χ4v) is 9.02. The second kappa shape index (κ2) is 7.24. The van der Waals surface area contributed by atoms with Crippen LogP contribution in [-0.2, 0) is 0 Å². The molecule has 5 fully saturated rings. The average Bonchev–Trinajstić information content (AvgIpc) is 2.99. The van der Waals surface area contributed by atoms with Crippen molar-refractivity contribution in [1.29, 1.82) is 0 Å². The van der Waals surface area contributed by atoms with E-state index in [2.05, 4.69) is 19.2 Å². The van der Waals surface area contributed by atoms with E-state index in [4.69, 9.17) is 0 Å². The minimum absolute atomic E-state index is 0.0714. The van der Waals surface area contributed by atoms with Crippen LogP contribution in [0.3, 0.4) is 0 Å². The van der Waals surface area contributed by atoms with Gasteiger partial charge in [-0.1, -0.05) is 33.1 Å². The van der Waals surface area contributed by atoms with Gasteiger partial charge in [-0.15, -0.1) is 0 Å². The molecular formula is C25H43NO2. The van der Waals surface area contributed by atoms with Crippen LogP contribution in [0, 0.1) is 34.5 Å². The van der Waals surface area contributed by atoms with Crippen LogP contribution in [0.4, 0.5) is 0 Å². The quantitative estimate of drug-likeness (QED) is 0.644. The van der Waals surface area contributed by atoms with Crippen LogP contribution in [0.2, 0.25) is 0 Å². The molecule has 3 heteroatoms. The third-order valence-electron chi connectivity index (χ3n) is 10.7. The highest BCUT2D eigenvalue weighted by Crippen LogP contribution is 2.66. The van der Waals surface area contributed by atoms with Gasteiger partial charge in [0.1, 0.15) is 0 Å². The van der Waals surface area contributed by atoms with Crippen molar-refractivity contribution in [2.75, 3.05) is 0 Å². The molecule has 3 nitrogen and oxygen atoms in total. The van der Waals surface area contributed by atoms with Gasteiger partial charge in [0.2, 0.25) is 0 Å². The fraction of sp³-hybridized carbons (Fsp3) is 1.00. The van der Waals surface area contributed by atoms with Gasteiger partial charge in [-0.25, -0.2) is 0 Å². The summed E-state index contributed by atoms with van der Waals surface area (Å²) in [5.74, 6) is 3.04. The molecule has 5 saturated carbocycles. The molecule has 0 aromatic heterocycles. The van der Waals surface area contributed by atoms with E-state index in [0.717, 1.165) is 30.6 Å².